The predicted molar refractivity (Wildman–Crippen MR) is 370 cm³/mol. The fraction of sp³-hybridized carbons (Fsp3) is 0.182. The van der Waals surface area contributed by atoms with Crippen molar-refractivity contribution in [2.24, 2.45) is 5.92 Å². The van der Waals surface area contributed by atoms with Crippen LogP contribution in [0.4, 0.5) is 17.1 Å². The largest absolute Gasteiger partial charge is 0.310 e. The van der Waals surface area contributed by atoms with Crippen LogP contribution in [-0.4, -0.2) is 0 Å². The predicted octanol–water partition coefficient (Wildman–Crippen LogP) is 23.4. The first-order valence-corrected chi connectivity index (χ1v) is 33.0. The van der Waals surface area contributed by atoms with Gasteiger partial charge in [-0.05, 0) is 229 Å². The highest BCUT2D eigenvalue weighted by Gasteiger charge is 2.68. The zero-order valence-corrected chi connectivity index (χ0v) is 50.4. The molecule has 3 fully saturated rings. The summed E-state index contributed by atoms with van der Waals surface area (Å²) in [6, 6.07) is 115. The van der Waals surface area contributed by atoms with E-state index in [4.69, 9.17) is 0 Å². The van der Waals surface area contributed by atoms with E-state index >= 15 is 0 Å². The van der Waals surface area contributed by atoms with E-state index in [1.807, 2.05) is 0 Å². The van der Waals surface area contributed by atoms with Crippen molar-refractivity contribution < 1.29 is 0 Å². The van der Waals surface area contributed by atoms with Gasteiger partial charge in [-0.3, -0.25) is 0 Å². The van der Waals surface area contributed by atoms with Crippen LogP contribution >= 0.6 is 0 Å². The molecule has 1 nitrogen and oxygen atoms in total. The SMILES string of the molecule is c1ccc(-c2cccc(N(c3ccc(-c4ccc(-c5cccc6c5-c5ccccc5C5CCC67CCC6CC8(CCC9CC(C5)(c5ccccc5-c5ccccc59)C87)c5ccccc5-c5ccccc56)cc4)cc3)c3cccc(-c4ccccc4)c3)c2)cc1. The second kappa shape index (κ2) is 20.8. The molecular formula is C88H71N. The number of anilines is 3. The number of rotatable bonds is 7. The first-order valence-electron chi connectivity index (χ1n) is 33.0. The molecule has 0 N–H and O–H groups in total. The molecule has 0 amide bonds. The van der Waals surface area contributed by atoms with Gasteiger partial charge in [0.05, 0.1) is 0 Å². The van der Waals surface area contributed by atoms with Crippen LogP contribution in [0.5, 0.6) is 0 Å². The van der Waals surface area contributed by atoms with Gasteiger partial charge in [0, 0.05) is 33.3 Å². The topological polar surface area (TPSA) is 3.24 Å². The van der Waals surface area contributed by atoms with Crippen molar-refractivity contribution >= 4 is 17.1 Å². The smallest absolute Gasteiger partial charge is 0.0467 e. The molecule has 0 saturated heterocycles. The summed E-state index contributed by atoms with van der Waals surface area (Å²) in [6.45, 7) is 0. The molecule has 6 aliphatic rings. The molecule has 3 saturated carbocycles. The van der Waals surface area contributed by atoms with Gasteiger partial charge in [0.15, 0.2) is 0 Å². The quantitative estimate of drug-likeness (QED) is 0.154. The summed E-state index contributed by atoms with van der Waals surface area (Å²) < 4.78 is 0. The average Bonchev–Trinajstić information content (AvgIpc) is 1.55. The van der Waals surface area contributed by atoms with Gasteiger partial charge in [-0.15, -0.1) is 0 Å². The van der Waals surface area contributed by atoms with Crippen molar-refractivity contribution in [1.29, 1.82) is 0 Å². The van der Waals surface area contributed by atoms with Crippen LogP contribution in [0.2, 0.25) is 0 Å². The van der Waals surface area contributed by atoms with E-state index in [0.29, 0.717) is 23.7 Å². The lowest BCUT2D eigenvalue weighted by Gasteiger charge is -2.58. The molecular weight excluding hydrogens is 1070 g/mol. The lowest BCUT2D eigenvalue weighted by atomic mass is 9.44. The fourth-order valence-electron chi connectivity index (χ4n) is 19.7. The normalized spacial score (nSPS) is 23.0. The molecule has 6 bridgehead atoms. The average molecular weight is 1140 g/mol. The minimum Gasteiger partial charge on any atom is -0.310 e. The maximum Gasteiger partial charge on any atom is 0.0467 e. The van der Waals surface area contributed by atoms with Crippen molar-refractivity contribution in [3.05, 3.63) is 331 Å². The monoisotopic (exact) mass is 1140 g/mol. The highest BCUT2D eigenvalue weighted by atomic mass is 15.1. The summed E-state index contributed by atoms with van der Waals surface area (Å²) in [4.78, 5) is 2.41. The Labute approximate surface area is 525 Å². The standard InChI is InChI=1S/C88H71N/c1-3-20-59(21-4-1)64-24-17-26-70(54-64)89(71-27-18-25-65(55-71)60-22-5-2-6-23-60)69-46-44-62(45-47-69)61-40-42-63(43-41-61)75-36-19-39-83-84(75)80-35-12-9-30-74(80)68-49-52-86(83)51-48-66-56-87(81-37-15-13-33-78(81)76-31-10-7-28-72(66)76)53-50-67-57-88(58-68,85(86)87)82-38-16-14-34-79(82)77-32-11-8-29-73(67)77/h1-47,54-55,66-68,85H,48-53,56-58H2. The molecule has 0 aromatic heterocycles. The summed E-state index contributed by atoms with van der Waals surface area (Å²) >= 11 is 0. The summed E-state index contributed by atoms with van der Waals surface area (Å²) in [5.41, 5.74) is 31.3. The van der Waals surface area contributed by atoms with Gasteiger partial charge in [0.1, 0.15) is 0 Å². The summed E-state index contributed by atoms with van der Waals surface area (Å²) in [5.74, 6) is 1.66. The second-order valence-corrected chi connectivity index (χ2v) is 27.1. The fourth-order valence-corrected chi connectivity index (χ4v) is 19.7. The Morgan fingerprint density at radius 3 is 1.17 bits per heavy atom. The number of benzene rings is 12. The van der Waals surface area contributed by atoms with Crippen LogP contribution in [0.1, 0.15) is 109 Å². The Balaban J connectivity index is 0.798. The molecule has 3 spiro atoms. The Kier molecular flexibility index (Phi) is 12.3. The van der Waals surface area contributed by atoms with Crippen molar-refractivity contribution in [2.75, 3.05) is 4.90 Å². The molecule has 12 aromatic carbocycles. The number of hydrogen-bond donors (Lipinski definition) is 0. The number of nitrogens with zero attached hydrogens (tertiary/aromatic N) is 1. The van der Waals surface area contributed by atoms with E-state index in [0.717, 1.165) is 23.5 Å². The lowest BCUT2D eigenvalue weighted by molar-refractivity contribution is 0.0565. The van der Waals surface area contributed by atoms with E-state index in [2.05, 4.69) is 302 Å². The van der Waals surface area contributed by atoms with Crippen molar-refractivity contribution in [2.45, 2.75) is 91.8 Å². The second-order valence-electron chi connectivity index (χ2n) is 27.1. The summed E-state index contributed by atoms with van der Waals surface area (Å²) in [5, 5.41) is 0. The number of fused-ring (bicyclic) bond motifs is 16. The lowest BCUT2D eigenvalue weighted by Crippen LogP contribution is -2.56. The van der Waals surface area contributed by atoms with Crippen LogP contribution in [-0.2, 0) is 16.2 Å². The highest BCUT2D eigenvalue weighted by Crippen LogP contribution is 2.75. The first-order chi connectivity index (χ1) is 44.0. The Morgan fingerprint density at radius 2 is 0.618 bits per heavy atom. The Morgan fingerprint density at radius 1 is 0.247 bits per heavy atom. The molecule has 0 heterocycles. The van der Waals surface area contributed by atoms with E-state index in [9.17, 15) is 0 Å². The first kappa shape index (κ1) is 52.6. The summed E-state index contributed by atoms with van der Waals surface area (Å²) in [7, 11) is 0. The van der Waals surface area contributed by atoms with Crippen LogP contribution in [0.3, 0.4) is 0 Å². The van der Waals surface area contributed by atoms with E-state index in [-0.39, 0.29) is 16.2 Å². The van der Waals surface area contributed by atoms with Gasteiger partial charge >= 0.3 is 0 Å². The molecule has 428 valence electrons. The molecule has 7 unspecified atom stereocenters. The Hall–Kier alpha value is -9.56. The van der Waals surface area contributed by atoms with Gasteiger partial charge in [0.25, 0.3) is 0 Å². The molecule has 1 heteroatoms. The van der Waals surface area contributed by atoms with Crippen LogP contribution in [0.15, 0.2) is 297 Å². The Bertz CT molecular complexity index is 4610. The van der Waals surface area contributed by atoms with E-state index < -0.39 is 0 Å². The van der Waals surface area contributed by atoms with Crippen LogP contribution < -0.4 is 4.90 Å². The van der Waals surface area contributed by atoms with E-state index in [1.54, 1.807) is 33.4 Å². The third-order valence-corrected chi connectivity index (χ3v) is 23.0. The summed E-state index contributed by atoms with van der Waals surface area (Å²) in [6.07, 6.45) is 10.7. The van der Waals surface area contributed by atoms with Crippen LogP contribution in [0, 0.1) is 5.92 Å². The van der Waals surface area contributed by atoms with Crippen molar-refractivity contribution in [3.8, 4) is 77.9 Å². The maximum atomic E-state index is 2.67. The minimum absolute atomic E-state index is 0.0871. The van der Waals surface area contributed by atoms with Gasteiger partial charge in [-0.25, -0.2) is 0 Å². The zero-order valence-electron chi connectivity index (χ0n) is 50.4. The molecule has 18 rings (SSSR count). The minimum atomic E-state index is -0.123. The van der Waals surface area contributed by atoms with Gasteiger partial charge in [-0.2, -0.15) is 0 Å². The van der Waals surface area contributed by atoms with Gasteiger partial charge in [-0.1, -0.05) is 261 Å². The molecule has 12 aromatic rings. The van der Waals surface area contributed by atoms with Gasteiger partial charge < -0.3 is 4.90 Å². The highest BCUT2D eigenvalue weighted by molar-refractivity contribution is 5.91. The third-order valence-electron chi connectivity index (χ3n) is 23.0. The zero-order chi connectivity index (χ0) is 58.7. The molecule has 89 heavy (non-hydrogen) atoms. The molecule has 0 radical (unpaired) electrons. The third kappa shape index (κ3) is 8.20. The van der Waals surface area contributed by atoms with Crippen LogP contribution in [0.25, 0.3) is 77.9 Å². The molecule has 7 atom stereocenters. The van der Waals surface area contributed by atoms with Gasteiger partial charge in [0.2, 0.25) is 0 Å². The van der Waals surface area contributed by atoms with E-state index in [1.165, 1.54) is 129 Å². The maximum absolute atomic E-state index is 2.67. The van der Waals surface area contributed by atoms with Crippen molar-refractivity contribution in [3.63, 3.8) is 0 Å². The number of hydrogen-bond acceptors (Lipinski definition) is 1. The van der Waals surface area contributed by atoms with Crippen molar-refractivity contribution in [1.82, 2.24) is 0 Å². The molecule has 0 aliphatic heterocycles. The molecule has 6 aliphatic carbocycles.